The second-order valence-electron chi connectivity index (χ2n) is 6.38. The van der Waals surface area contributed by atoms with Gasteiger partial charge >= 0.3 is 0 Å². The van der Waals surface area contributed by atoms with Crippen LogP contribution in [-0.2, 0) is 14.8 Å². The van der Waals surface area contributed by atoms with Gasteiger partial charge in [0.25, 0.3) is 5.91 Å². The van der Waals surface area contributed by atoms with Crippen molar-refractivity contribution in [3.05, 3.63) is 64.8 Å². The van der Waals surface area contributed by atoms with Crippen LogP contribution in [0.1, 0.15) is 21.3 Å². The van der Waals surface area contributed by atoms with Crippen LogP contribution in [0.5, 0.6) is 0 Å². The number of thiophene rings is 1. The van der Waals surface area contributed by atoms with E-state index in [2.05, 4.69) is 0 Å². The van der Waals surface area contributed by atoms with Crippen molar-refractivity contribution in [1.82, 2.24) is 4.31 Å². The molecule has 1 unspecified atom stereocenters. The third-order valence-electron chi connectivity index (χ3n) is 4.66. The molecule has 1 aliphatic rings. The number of fused-ring (bicyclic) bond motifs is 1. The lowest BCUT2D eigenvalue weighted by molar-refractivity contribution is -0.00188. The van der Waals surface area contributed by atoms with Crippen molar-refractivity contribution in [2.45, 2.75) is 11.0 Å². The van der Waals surface area contributed by atoms with E-state index in [1.54, 1.807) is 0 Å². The van der Waals surface area contributed by atoms with E-state index in [4.69, 9.17) is 10.5 Å². The number of carbonyl (C=O) groups excluding carboxylic acids is 1. The minimum absolute atomic E-state index is 0.0138. The Bertz CT molecular complexity index is 1140. The molecule has 0 bridgehead atoms. The molecule has 1 amide bonds. The molecule has 146 valence electrons. The molecule has 1 fully saturated rings. The van der Waals surface area contributed by atoms with Gasteiger partial charge in [-0.1, -0.05) is 18.2 Å². The van der Waals surface area contributed by atoms with Gasteiger partial charge in [-0.15, -0.1) is 11.3 Å². The van der Waals surface area contributed by atoms with Gasteiger partial charge in [0.1, 0.15) is 5.82 Å². The maximum atomic E-state index is 13.2. The predicted molar refractivity (Wildman–Crippen MR) is 104 cm³/mol. The van der Waals surface area contributed by atoms with Crippen LogP contribution < -0.4 is 5.73 Å². The first kappa shape index (κ1) is 19.0. The molecular weight excluding hydrogens is 403 g/mol. The second-order valence-corrected chi connectivity index (χ2v) is 9.37. The molecule has 1 atom stereocenters. The zero-order chi connectivity index (χ0) is 19.9. The Morgan fingerprint density at radius 2 is 1.89 bits per heavy atom. The SMILES string of the molecule is NC(=O)c1sc2ccccc2c1C1CN(S(=O)(=O)c2ccc(F)cc2)CCO1. The van der Waals surface area contributed by atoms with Gasteiger partial charge in [-0.05, 0) is 35.7 Å². The number of morpholine rings is 1. The zero-order valence-electron chi connectivity index (χ0n) is 14.7. The van der Waals surface area contributed by atoms with Crippen LogP contribution in [0, 0.1) is 5.82 Å². The zero-order valence-corrected chi connectivity index (χ0v) is 16.3. The number of benzene rings is 2. The molecule has 0 radical (unpaired) electrons. The summed E-state index contributed by atoms with van der Waals surface area (Å²) < 4.78 is 47.1. The maximum Gasteiger partial charge on any atom is 0.259 e. The predicted octanol–water partition coefficient (Wildman–Crippen LogP) is 2.90. The average molecular weight is 420 g/mol. The average Bonchev–Trinajstić information content (AvgIpc) is 3.08. The number of rotatable bonds is 4. The topological polar surface area (TPSA) is 89.7 Å². The molecule has 6 nitrogen and oxygen atoms in total. The minimum Gasteiger partial charge on any atom is -0.371 e. The monoisotopic (exact) mass is 420 g/mol. The quantitative estimate of drug-likeness (QED) is 0.703. The van der Waals surface area contributed by atoms with Crippen molar-refractivity contribution < 1.29 is 22.3 Å². The van der Waals surface area contributed by atoms with Gasteiger partial charge in [0.2, 0.25) is 10.0 Å². The van der Waals surface area contributed by atoms with Crippen LogP contribution in [0.2, 0.25) is 0 Å². The smallest absolute Gasteiger partial charge is 0.259 e. The fourth-order valence-electron chi connectivity index (χ4n) is 3.34. The molecule has 0 saturated carbocycles. The van der Waals surface area contributed by atoms with Gasteiger partial charge in [0.15, 0.2) is 0 Å². The van der Waals surface area contributed by atoms with Crippen molar-refractivity contribution in [1.29, 1.82) is 0 Å². The summed E-state index contributed by atoms with van der Waals surface area (Å²) in [6.45, 7) is 0.387. The summed E-state index contributed by atoms with van der Waals surface area (Å²) in [4.78, 5) is 12.4. The van der Waals surface area contributed by atoms with E-state index in [1.165, 1.54) is 27.8 Å². The molecule has 0 aliphatic carbocycles. The van der Waals surface area contributed by atoms with Crippen molar-refractivity contribution in [2.75, 3.05) is 19.7 Å². The van der Waals surface area contributed by atoms with E-state index < -0.39 is 27.9 Å². The number of nitrogens with two attached hydrogens (primary N) is 1. The highest BCUT2D eigenvalue weighted by atomic mass is 32.2. The van der Waals surface area contributed by atoms with Crippen LogP contribution in [0.4, 0.5) is 4.39 Å². The second kappa shape index (κ2) is 7.25. The van der Waals surface area contributed by atoms with E-state index >= 15 is 0 Å². The number of amides is 1. The molecule has 28 heavy (non-hydrogen) atoms. The van der Waals surface area contributed by atoms with Crippen LogP contribution in [0.15, 0.2) is 53.4 Å². The van der Waals surface area contributed by atoms with Crippen molar-refractivity contribution in [2.24, 2.45) is 5.73 Å². The first-order valence-corrected chi connectivity index (χ1v) is 10.8. The van der Waals surface area contributed by atoms with Crippen molar-refractivity contribution in [3.63, 3.8) is 0 Å². The highest BCUT2D eigenvalue weighted by Gasteiger charge is 2.34. The summed E-state index contributed by atoms with van der Waals surface area (Å²) >= 11 is 1.27. The molecule has 9 heteroatoms. The molecule has 2 N–H and O–H groups in total. The Kier molecular flexibility index (Phi) is 4.92. The minimum atomic E-state index is -3.82. The number of ether oxygens (including phenoxy) is 1. The highest BCUT2D eigenvalue weighted by molar-refractivity contribution is 7.89. The molecule has 4 rings (SSSR count). The molecule has 0 spiro atoms. The van der Waals surface area contributed by atoms with E-state index in [9.17, 15) is 17.6 Å². The van der Waals surface area contributed by atoms with Gasteiger partial charge in [-0.2, -0.15) is 4.31 Å². The Morgan fingerprint density at radius 3 is 2.61 bits per heavy atom. The molecule has 1 saturated heterocycles. The fraction of sp³-hybridized carbons (Fsp3) is 0.211. The van der Waals surface area contributed by atoms with Crippen LogP contribution >= 0.6 is 11.3 Å². The Labute approximate surface area is 165 Å². The Morgan fingerprint density at radius 1 is 1.18 bits per heavy atom. The Balaban J connectivity index is 1.72. The number of sulfonamides is 1. The van der Waals surface area contributed by atoms with Gasteiger partial charge in [-0.25, -0.2) is 12.8 Å². The fourth-order valence-corrected chi connectivity index (χ4v) is 5.87. The molecule has 1 aromatic heterocycles. The van der Waals surface area contributed by atoms with Gasteiger partial charge in [0, 0.05) is 23.4 Å². The number of carbonyl (C=O) groups is 1. The molecule has 3 aromatic rings. The van der Waals surface area contributed by atoms with E-state index in [0.717, 1.165) is 22.2 Å². The maximum absolute atomic E-state index is 13.2. The van der Waals surface area contributed by atoms with E-state index in [-0.39, 0.29) is 24.6 Å². The molecule has 1 aliphatic heterocycles. The first-order valence-electron chi connectivity index (χ1n) is 8.56. The third kappa shape index (κ3) is 3.30. The summed E-state index contributed by atoms with van der Waals surface area (Å²) in [5, 5.41) is 0.826. The van der Waals surface area contributed by atoms with Gasteiger partial charge < -0.3 is 10.5 Å². The normalized spacial score (nSPS) is 18.4. The Hall–Kier alpha value is -2.33. The standard InChI is InChI=1S/C19H17FN2O4S2/c20-12-5-7-13(8-6-12)28(24,25)22-9-10-26-15(11-22)17-14-3-1-2-4-16(14)27-18(17)19(21)23/h1-8,15H,9-11H2,(H2,21,23). The summed E-state index contributed by atoms with van der Waals surface area (Å²) in [5.74, 6) is -1.08. The lowest BCUT2D eigenvalue weighted by Gasteiger charge is -2.32. The highest BCUT2D eigenvalue weighted by Crippen LogP contribution is 2.38. The largest absolute Gasteiger partial charge is 0.371 e. The van der Waals surface area contributed by atoms with Crippen LogP contribution in [0.25, 0.3) is 10.1 Å². The molecular formula is C19H17FN2O4S2. The summed E-state index contributed by atoms with van der Waals surface area (Å²) in [6.07, 6.45) is -0.623. The summed E-state index contributed by atoms with van der Waals surface area (Å²) in [6, 6.07) is 12.2. The lowest BCUT2D eigenvalue weighted by Crippen LogP contribution is -2.42. The molecule has 2 heterocycles. The third-order valence-corrected chi connectivity index (χ3v) is 7.74. The summed E-state index contributed by atoms with van der Waals surface area (Å²) in [5.41, 5.74) is 6.18. The number of nitrogens with zero attached hydrogens (tertiary/aromatic N) is 1. The van der Waals surface area contributed by atoms with E-state index in [0.29, 0.717) is 10.4 Å². The van der Waals surface area contributed by atoms with Gasteiger partial charge in [0.05, 0.1) is 22.5 Å². The van der Waals surface area contributed by atoms with E-state index in [1.807, 2.05) is 24.3 Å². The lowest BCUT2D eigenvalue weighted by atomic mass is 10.0. The number of halogens is 1. The van der Waals surface area contributed by atoms with Crippen molar-refractivity contribution in [3.8, 4) is 0 Å². The molecule has 2 aromatic carbocycles. The number of hydrogen-bond donors (Lipinski definition) is 1. The van der Waals surface area contributed by atoms with Gasteiger partial charge in [-0.3, -0.25) is 4.79 Å². The summed E-state index contributed by atoms with van der Waals surface area (Å²) in [7, 11) is -3.82. The first-order chi connectivity index (χ1) is 13.4. The number of hydrogen-bond acceptors (Lipinski definition) is 5. The van der Waals surface area contributed by atoms with Crippen LogP contribution in [-0.4, -0.2) is 38.3 Å². The van der Waals surface area contributed by atoms with Crippen LogP contribution in [0.3, 0.4) is 0 Å². The number of primary amides is 1. The van der Waals surface area contributed by atoms with Crippen molar-refractivity contribution >= 4 is 37.4 Å².